The van der Waals surface area contributed by atoms with Gasteiger partial charge in [0.15, 0.2) is 11.0 Å². The van der Waals surface area contributed by atoms with Crippen LogP contribution in [-0.2, 0) is 0 Å². The van der Waals surface area contributed by atoms with E-state index in [0.717, 1.165) is 24.8 Å². The van der Waals surface area contributed by atoms with E-state index in [-0.39, 0.29) is 0 Å². The van der Waals surface area contributed by atoms with E-state index < -0.39 is 0 Å². The number of aromatic nitrogens is 2. The maximum absolute atomic E-state index is 5.72. The Balaban J connectivity index is 1.91. The van der Waals surface area contributed by atoms with Crippen molar-refractivity contribution in [2.75, 3.05) is 18.0 Å². The van der Waals surface area contributed by atoms with E-state index in [1.165, 1.54) is 25.7 Å². The number of hydrogen-bond acceptors (Lipinski definition) is 3. The summed E-state index contributed by atoms with van der Waals surface area (Å²) in [5.41, 5.74) is 0. The van der Waals surface area contributed by atoms with Crippen LogP contribution in [0, 0.1) is 5.92 Å². The molecule has 0 saturated carbocycles. The highest BCUT2D eigenvalue weighted by Gasteiger charge is 2.19. The first-order chi connectivity index (χ1) is 7.79. The Morgan fingerprint density at radius 2 is 2.06 bits per heavy atom. The second-order valence-electron chi connectivity index (χ2n) is 4.43. The van der Waals surface area contributed by atoms with Crippen molar-refractivity contribution in [2.24, 2.45) is 5.92 Å². The fraction of sp³-hybridized carbons (Fsp3) is 0.667. The molecule has 0 amide bonds. The van der Waals surface area contributed by atoms with E-state index in [0.29, 0.717) is 5.15 Å². The molecule has 1 saturated heterocycles. The van der Waals surface area contributed by atoms with Crippen molar-refractivity contribution in [2.45, 2.75) is 32.6 Å². The molecule has 0 bridgehead atoms. The molecule has 0 aromatic carbocycles. The first-order valence-electron chi connectivity index (χ1n) is 6.03. The normalized spacial score (nSPS) is 17.8. The summed E-state index contributed by atoms with van der Waals surface area (Å²) in [6.07, 6.45) is 5.21. The van der Waals surface area contributed by atoms with Crippen molar-refractivity contribution in [1.82, 2.24) is 10.2 Å². The zero-order valence-electron chi connectivity index (χ0n) is 9.69. The van der Waals surface area contributed by atoms with Crippen molar-refractivity contribution in [1.29, 1.82) is 0 Å². The molecule has 0 N–H and O–H groups in total. The van der Waals surface area contributed by atoms with Crippen LogP contribution < -0.4 is 4.90 Å². The van der Waals surface area contributed by atoms with Crippen LogP contribution in [0.4, 0.5) is 5.82 Å². The summed E-state index contributed by atoms with van der Waals surface area (Å²) in [5, 5.41) is 8.46. The van der Waals surface area contributed by atoms with Crippen LogP contribution in [0.25, 0.3) is 0 Å². The summed E-state index contributed by atoms with van der Waals surface area (Å²) in [5.74, 6) is 1.86. The van der Waals surface area contributed by atoms with Gasteiger partial charge < -0.3 is 4.90 Å². The van der Waals surface area contributed by atoms with Crippen molar-refractivity contribution < 1.29 is 0 Å². The fourth-order valence-electron chi connectivity index (χ4n) is 2.34. The number of piperidine rings is 1. The van der Waals surface area contributed by atoms with Gasteiger partial charge in [0, 0.05) is 13.1 Å². The molecular formula is C12H18ClN3. The SMILES string of the molecule is CCCC1CCN(c2ccc(Cl)nn2)CC1. The molecule has 16 heavy (non-hydrogen) atoms. The molecule has 2 heterocycles. The lowest BCUT2D eigenvalue weighted by Crippen LogP contribution is -2.34. The van der Waals surface area contributed by atoms with E-state index in [4.69, 9.17) is 11.6 Å². The quantitative estimate of drug-likeness (QED) is 0.812. The van der Waals surface area contributed by atoms with E-state index >= 15 is 0 Å². The highest BCUT2D eigenvalue weighted by atomic mass is 35.5. The van der Waals surface area contributed by atoms with Gasteiger partial charge in [0.2, 0.25) is 0 Å². The monoisotopic (exact) mass is 239 g/mol. The van der Waals surface area contributed by atoms with E-state index in [2.05, 4.69) is 22.0 Å². The maximum atomic E-state index is 5.72. The molecule has 1 aromatic heterocycles. The molecule has 4 heteroatoms. The Morgan fingerprint density at radius 3 is 2.62 bits per heavy atom. The Morgan fingerprint density at radius 1 is 1.31 bits per heavy atom. The number of anilines is 1. The fourth-order valence-corrected chi connectivity index (χ4v) is 2.44. The van der Waals surface area contributed by atoms with Crippen LogP contribution >= 0.6 is 11.6 Å². The van der Waals surface area contributed by atoms with Gasteiger partial charge in [-0.3, -0.25) is 0 Å². The van der Waals surface area contributed by atoms with Crippen molar-refractivity contribution >= 4 is 17.4 Å². The molecule has 0 unspecified atom stereocenters. The topological polar surface area (TPSA) is 29.0 Å². The van der Waals surface area contributed by atoms with E-state index in [1.807, 2.05) is 12.1 Å². The summed E-state index contributed by atoms with van der Waals surface area (Å²) in [4.78, 5) is 2.30. The maximum Gasteiger partial charge on any atom is 0.151 e. The minimum Gasteiger partial charge on any atom is -0.355 e. The third-order valence-corrected chi connectivity index (χ3v) is 3.45. The zero-order chi connectivity index (χ0) is 11.4. The Labute approximate surface area is 102 Å². The van der Waals surface area contributed by atoms with Gasteiger partial charge in [-0.2, -0.15) is 0 Å². The lowest BCUT2D eigenvalue weighted by Gasteiger charge is -2.32. The summed E-state index contributed by atoms with van der Waals surface area (Å²) in [7, 11) is 0. The van der Waals surface area contributed by atoms with Gasteiger partial charge in [0.25, 0.3) is 0 Å². The van der Waals surface area contributed by atoms with Crippen LogP contribution in [0.5, 0.6) is 0 Å². The first kappa shape index (κ1) is 11.6. The zero-order valence-corrected chi connectivity index (χ0v) is 10.5. The smallest absolute Gasteiger partial charge is 0.151 e. The van der Waals surface area contributed by atoms with Gasteiger partial charge in [-0.15, -0.1) is 10.2 Å². The molecule has 0 atom stereocenters. The highest BCUT2D eigenvalue weighted by molar-refractivity contribution is 6.29. The second-order valence-corrected chi connectivity index (χ2v) is 4.82. The lowest BCUT2D eigenvalue weighted by molar-refractivity contribution is 0.377. The number of halogens is 1. The van der Waals surface area contributed by atoms with E-state index in [9.17, 15) is 0 Å². The van der Waals surface area contributed by atoms with Gasteiger partial charge in [0.05, 0.1) is 0 Å². The van der Waals surface area contributed by atoms with Gasteiger partial charge in [0.1, 0.15) is 0 Å². The number of hydrogen-bond donors (Lipinski definition) is 0. The third-order valence-electron chi connectivity index (χ3n) is 3.25. The van der Waals surface area contributed by atoms with Crippen LogP contribution in [0.15, 0.2) is 12.1 Å². The van der Waals surface area contributed by atoms with Gasteiger partial charge in [-0.05, 0) is 30.9 Å². The molecule has 0 radical (unpaired) electrons. The molecular weight excluding hydrogens is 222 g/mol. The van der Waals surface area contributed by atoms with Crippen LogP contribution in [-0.4, -0.2) is 23.3 Å². The highest BCUT2D eigenvalue weighted by Crippen LogP contribution is 2.24. The van der Waals surface area contributed by atoms with Gasteiger partial charge >= 0.3 is 0 Å². The molecule has 88 valence electrons. The Hall–Kier alpha value is -0.830. The summed E-state index contributed by atoms with van der Waals surface area (Å²) < 4.78 is 0. The molecule has 0 aliphatic carbocycles. The molecule has 2 rings (SSSR count). The molecule has 3 nitrogen and oxygen atoms in total. The summed E-state index contributed by atoms with van der Waals surface area (Å²) >= 11 is 5.72. The molecule has 1 aliphatic heterocycles. The molecule has 0 spiro atoms. The molecule has 1 aromatic rings. The largest absolute Gasteiger partial charge is 0.355 e. The number of nitrogens with zero attached hydrogens (tertiary/aromatic N) is 3. The van der Waals surface area contributed by atoms with Crippen molar-refractivity contribution in [3.63, 3.8) is 0 Å². The molecule has 1 aliphatic rings. The predicted octanol–water partition coefficient (Wildman–Crippen LogP) is 3.15. The Bertz CT molecular complexity index is 318. The van der Waals surface area contributed by atoms with Crippen LogP contribution in [0.1, 0.15) is 32.6 Å². The summed E-state index contributed by atoms with van der Waals surface area (Å²) in [6.45, 7) is 4.46. The minimum absolute atomic E-state index is 0.463. The third kappa shape index (κ3) is 2.85. The predicted molar refractivity (Wildman–Crippen MR) is 66.9 cm³/mol. The van der Waals surface area contributed by atoms with E-state index in [1.54, 1.807) is 0 Å². The van der Waals surface area contributed by atoms with Crippen molar-refractivity contribution in [3.8, 4) is 0 Å². The lowest BCUT2D eigenvalue weighted by atomic mass is 9.92. The standard InChI is InChI=1S/C12H18ClN3/c1-2-3-10-6-8-16(9-7-10)12-5-4-11(13)14-15-12/h4-5,10H,2-3,6-9H2,1H3. The minimum atomic E-state index is 0.463. The first-order valence-corrected chi connectivity index (χ1v) is 6.41. The van der Waals surface area contributed by atoms with Gasteiger partial charge in [-0.25, -0.2) is 0 Å². The van der Waals surface area contributed by atoms with Crippen LogP contribution in [0.3, 0.4) is 0 Å². The molecule has 1 fully saturated rings. The average molecular weight is 240 g/mol. The second kappa shape index (κ2) is 5.48. The Kier molecular flexibility index (Phi) is 3.99. The van der Waals surface area contributed by atoms with Gasteiger partial charge in [-0.1, -0.05) is 31.4 Å². The summed E-state index contributed by atoms with van der Waals surface area (Å²) in [6, 6.07) is 3.76. The average Bonchev–Trinajstić information content (AvgIpc) is 2.32. The van der Waals surface area contributed by atoms with Crippen LogP contribution in [0.2, 0.25) is 5.15 Å². The number of rotatable bonds is 3. The van der Waals surface area contributed by atoms with Crippen molar-refractivity contribution in [3.05, 3.63) is 17.3 Å².